The van der Waals surface area contributed by atoms with Crippen LogP contribution in [0.1, 0.15) is 11.1 Å². The fraction of sp³-hybridized carbons (Fsp3) is 0.0556. The van der Waals surface area contributed by atoms with Gasteiger partial charge in [0, 0.05) is 50.9 Å². The summed E-state index contributed by atoms with van der Waals surface area (Å²) in [5.41, 5.74) is 10.6. The third-order valence-electron chi connectivity index (χ3n) is 8.30. The highest BCUT2D eigenvalue weighted by Crippen LogP contribution is 2.38. The molecule has 0 bridgehead atoms. The van der Waals surface area contributed by atoms with E-state index in [2.05, 4.69) is 136 Å². The van der Waals surface area contributed by atoms with Crippen LogP contribution in [-0.2, 0) is 0 Å². The van der Waals surface area contributed by atoms with Crippen LogP contribution in [0.4, 0.5) is 0 Å². The molecular weight excluding hydrogens is 488 g/mol. The molecule has 0 saturated carbocycles. The number of rotatable bonds is 3. The molecule has 4 heteroatoms. The predicted molar refractivity (Wildman–Crippen MR) is 166 cm³/mol. The zero-order valence-electron chi connectivity index (χ0n) is 22.3. The van der Waals surface area contributed by atoms with Gasteiger partial charge in [0.15, 0.2) is 5.82 Å². The van der Waals surface area contributed by atoms with Crippen LogP contribution in [0.3, 0.4) is 0 Å². The molecule has 0 aliphatic carbocycles. The van der Waals surface area contributed by atoms with Crippen molar-refractivity contribution >= 4 is 43.6 Å². The van der Waals surface area contributed by atoms with Gasteiger partial charge in [0.25, 0.3) is 0 Å². The fourth-order valence-electron chi connectivity index (χ4n) is 6.29. The number of hydrogen-bond acceptors (Lipinski definition) is 2. The minimum absolute atomic E-state index is 0.757. The number of benzene rings is 5. The summed E-state index contributed by atoms with van der Waals surface area (Å²) in [6.45, 7) is 4.36. The highest BCUT2D eigenvalue weighted by Gasteiger charge is 2.18. The Morgan fingerprint density at radius 2 is 1.02 bits per heavy atom. The number of hydrogen-bond donors (Lipinski definition) is 0. The first-order valence-electron chi connectivity index (χ1n) is 13.6. The maximum Gasteiger partial charge on any atom is 0.159 e. The van der Waals surface area contributed by atoms with E-state index in [1.165, 1.54) is 60.4 Å². The van der Waals surface area contributed by atoms with Gasteiger partial charge in [0.05, 0.1) is 22.1 Å². The topological polar surface area (TPSA) is 35.6 Å². The summed E-state index contributed by atoms with van der Waals surface area (Å²) in [6.07, 6.45) is 3.60. The van der Waals surface area contributed by atoms with Crippen molar-refractivity contribution in [2.45, 2.75) is 13.8 Å². The number of para-hydroxylation sites is 3. The third kappa shape index (κ3) is 3.20. The van der Waals surface area contributed by atoms with Crippen LogP contribution in [0.2, 0.25) is 0 Å². The average molecular weight is 515 g/mol. The second-order valence-corrected chi connectivity index (χ2v) is 10.4. The lowest BCUT2D eigenvalue weighted by Crippen LogP contribution is -2.01. The van der Waals surface area contributed by atoms with Gasteiger partial charge in [-0.1, -0.05) is 54.6 Å². The van der Waals surface area contributed by atoms with Crippen LogP contribution in [0.25, 0.3) is 66.4 Å². The molecule has 40 heavy (non-hydrogen) atoms. The summed E-state index contributed by atoms with van der Waals surface area (Å²) in [7, 11) is 0. The van der Waals surface area contributed by atoms with Crippen LogP contribution < -0.4 is 0 Å². The Kier molecular flexibility index (Phi) is 4.92. The predicted octanol–water partition coefficient (Wildman–Crippen LogP) is 8.95. The van der Waals surface area contributed by atoms with E-state index in [4.69, 9.17) is 0 Å². The van der Waals surface area contributed by atoms with Gasteiger partial charge in [0.1, 0.15) is 0 Å². The van der Waals surface area contributed by atoms with Crippen molar-refractivity contribution in [2.75, 3.05) is 0 Å². The normalized spacial score (nSPS) is 11.8. The van der Waals surface area contributed by atoms with Crippen LogP contribution in [-0.4, -0.2) is 19.1 Å². The Hall–Kier alpha value is -5.22. The molecule has 0 unspecified atom stereocenters. The molecule has 0 N–H and O–H groups in total. The average Bonchev–Trinajstić information content (AvgIpc) is 3.52. The van der Waals surface area contributed by atoms with E-state index in [1.807, 2.05) is 6.07 Å². The van der Waals surface area contributed by atoms with Crippen molar-refractivity contribution < 1.29 is 0 Å². The van der Waals surface area contributed by atoms with Crippen LogP contribution in [0, 0.1) is 13.8 Å². The summed E-state index contributed by atoms with van der Waals surface area (Å²) in [6, 6.07) is 39.2. The Labute approximate surface area is 231 Å². The van der Waals surface area contributed by atoms with E-state index in [0.29, 0.717) is 0 Å². The SMILES string of the molecule is Cc1c(-c2ncccn2)ccc(-n2c3ccccc3c3cc(-n4c5ccccc5c5ccccc54)ccc32)c1C. The largest absolute Gasteiger partial charge is 0.309 e. The smallest absolute Gasteiger partial charge is 0.159 e. The van der Waals surface area contributed by atoms with Crippen LogP contribution >= 0.6 is 0 Å². The second-order valence-electron chi connectivity index (χ2n) is 10.4. The van der Waals surface area contributed by atoms with Crippen molar-refractivity contribution in [1.82, 2.24) is 19.1 Å². The van der Waals surface area contributed by atoms with E-state index in [0.717, 1.165) is 17.1 Å². The molecule has 0 atom stereocenters. The second kappa shape index (κ2) is 8.65. The number of fused-ring (bicyclic) bond motifs is 6. The van der Waals surface area contributed by atoms with Gasteiger partial charge < -0.3 is 9.13 Å². The molecule has 190 valence electrons. The molecule has 0 saturated heterocycles. The number of aromatic nitrogens is 4. The molecule has 3 aromatic heterocycles. The molecule has 0 spiro atoms. The molecule has 5 aromatic carbocycles. The van der Waals surface area contributed by atoms with E-state index >= 15 is 0 Å². The molecule has 8 rings (SSSR count). The van der Waals surface area contributed by atoms with E-state index in [-0.39, 0.29) is 0 Å². The van der Waals surface area contributed by atoms with Gasteiger partial charge in [-0.05, 0) is 79.6 Å². The fourth-order valence-corrected chi connectivity index (χ4v) is 6.29. The molecule has 3 heterocycles. The third-order valence-corrected chi connectivity index (χ3v) is 8.30. The van der Waals surface area contributed by atoms with Crippen molar-refractivity contribution in [3.8, 4) is 22.8 Å². The minimum Gasteiger partial charge on any atom is -0.309 e. The highest BCUT2D eigenvalue weighted by atomic mass is 15.0. The van der Waals surface area contributed by atoms with Crippen molar-refractivity contribution in [3.63, 3.8) is 0 Å². The Bertz CT molecular complexity index is 2180. The van der Waals surface area contributed by atoms with Gasteiger partial charge in [-0.3, -0.25) is 0 Å². The molecule has 8 aromatic rings. The summed E-state index contributed by atoms with van der Waals surface area (Å²) in [5.74, 6) is 0.757. The molecule has 0 aliphatic heterocycles. The highest BCUT2D eigenvalue weighted by molar-refractivity contribution is 6.12. The molecule has 0 radical (unpaired) electrons. The lowest BCUT2D eigenvalue weighted by atomic mass is 10.0. The zero-order chi connectivity index (χ0) is 26.8. The van der Waals surface area contributed by atoms with Gasteiger partial charge in [-0.15, -0.1) is 0 Å². The van der Waals surface area contributed by atoms with Crippen LogP contribution in [0.5, 0.6) is 0 Å². The van der Waals surface area contributed by atoms with Crippen molar-refractivity contribution in [3.05, 3.63) is 133 Å². The van der Waals surface area contributed by atoms with E-state index < -0.39 is 0 Å². The maximum absolute atomic E-state index is 4.50. The van der Waals surface area contributed by atoms with Crippen LogP contribution in [0.15, 0.2) is 122 Å². The molecular formula is C36H26N4. The standard InChI is InChI=1S/C36H26N4/c1-23-24(2)31(19-17-26(23)36-37-20-9-21-38-36)40-34-15-8-5-12-29(34)30-22-25(16-18-35(30)40)39-32-13-6-3-10-27(32)28-11-4-7-14-33(28)39/h3-22H,1-2H3. The summed E-state index contributed by atoms with van der Waals surface area (Å²) in [4.78, 5) is 9.00. The Morgan fingerprint density at radius 3 is 1.68 bits per heavy atom. The monoisotopic (exact) mass is 514 g/mol. The minimum atomic E-state index is 0.757. The molecule has 0 fully saturated rings. The zero-order valence-corrected chi connectivity index (χ0v) is 22.3. The summed E-state index contributed by atoms with van der Waals surface area (Å²) in [5, 5.41) is 5.03. The van der Waals surface area contributed by atoms with Gasteiger partial charge in [0.2, 0.25) is 0 Å². The van der Waals surface area contributed by atoms with Crippen molar-refractivity contribution in [1.29, 1.82) is 0 Å². The lowest BCUT2D eigenvalue weighted by molar-refractivity contribution is 1.11. The van der Waals surface area contributed by atoms with Gasteiger partial charge in [-0.25, -0.2) is 9.97 Å². The van der Waals surface area contributed by atoms with Gasteiger partial charge in [-0.2, -0.15) is 0 Å². The van der Waals surface area contributed by atoms with E-state index in [9.17, 15) is 0 Å². The maximum atomic E-state index is 4.50. The number of nitrogens with zero attached hydrogens (tertiary/aromatic N) is 4. The Morgan fingerprint density at radius 1 is 0.475 bits per heavy atom. The quantitative estimate of drug-likeness (QED) is 0.236. The Balaban J connectivity index is 1.39. The lowest BCUT2D eigenvalue weighted by Gasteiger charge is -2.16. The van der Waals surface area contributed by atoms with E-state index in [1.54, 1.807) is 12.4 Å². The molecule has 0 aliphatic rings. The first kappa shape index (κ1) is 22.7. The molecule has 4 nitrogen and oxygen atoms in total. The van der Waals surface area contributed by atoms with Crippen molar-refractivity contribution in [2.24, 2.45) is 0 Å². The first-order valence-corrected chi connectivity index (χ1v) is 13.6. The molecule has 0 amide bonds. The van der Waals surface area contributed by atoms with Gasteiger partial charge >= 0.3 is 0 Å². The summed E-state index contributed by atoms with van der Waals surface area (Å²) < 4.78 is 4.79. The summed E-state index contributed by atoms with van der Waals surface area (Å²) >= 11 is 0. The first-order chi connectivity index (χ1) is 19.7.